The average molecular weight is 351 g/mol. The summed E-state index contributed by atoms with van der Waals surface area (Å²) in [5.74, 6) is -1.13. The third-order valence-corrected chi connectivity index (χ3v) is 4.78. The standard InChI is InChI=1S/C20H18FN3O2/c1-12-9-14(4-5-17(12)21)18-16(3-2-7-22-18)13-6-8-24-15(10-13)11-23-19(24)20(25)26/h2-10,15,19,23H,11H2,1H3,(H,25,26). The number of nitrogens with one attached hydrogen (secondary N) is 1. The molecule has 2 N–H and O–H groups in total. The van der Waals surface area contributed by atoms with Gasteiger partial charge < -0.3 is 10.0 Å². The number of rotatable bonds is 3. The maximum atomic E-state index is 13.6. The van der Waals surface area contributed by atoms with Crippen molar-refractivity contribution >= 4 is 11.5 Å². The molecule has 2 aliphatic rings. The van der Waals surface area contributed by atoms with Gasteiger partial charge in [0.25, 0.3) is 0 Å². The minimum atomic E-state index is -0.891. The third-order valence-electron chi connectivity index (χ3n) is 4.78. The first-order chi connectivity index (χ1) is 12.5. The molecule has 0 saturated carbocycles. The molecule has 1 saturated heterocycles. The van der Waals surface area contributed by atoms with Gasteiger partial charge in [0, 0.05) is 30.1 Å². The highest BCUT2D eigenvalue weighted by molar-refractivity contribution is 5.85. The van der Waals surface area contributed by atoms with E-state index in [1.54, 1.807) is 30.2 Å². The van der Waals surface area contributed by atoms with E-state index in [2.05, 4.69) is 10.3 Å². The Hall–Kier alpha value is -2.99. The molecule has 2 aliphatic heterocycles. The molecular weight excluding hydrogens is 333 g/mol. The molecule has 0 bridgehead atoms. The van der Waals surface area contributed by atoms with Crippen molar-refractivity contribution in [3.05, 3.63) is 71.8 Å². The first-order valence-corrected chi connectivity index (χ1v) is 8.40. The van der Waals surface area contributed by atoms with Crippen LogP contribution in [0.5, 0.6) is 0 Å². The van der Waals surface area contributed by atoms with Gasteiger partial charge in [-0.1, -0.05) is 12.1 Å². The molecule has 132 valence electrons. The van der Waals surface area contributed by atoms with Crippen LogP contribution in [0.25, 0.3) is 16.8 Å². The van der Waals surface area contributed by atoms with Gasteiger partial charge in [-0.05, 0) is 48.4 Å². The van der Waals surface area contributed by atoms with Crippen molar-refractivity contribution in [1.29, 1.82) is 0 Å². The van der Waals surface area contributed by atoms with Crippen LogP contribution < -0.4 is 5.32 Å². The van der Waals surface area contributed by atoms with Crippen molar-refractivity contribution in [2.45, 2.75) is 19.1 Å². The second kappa shape index (κ2) is 6.38. The van der Waals surface area contributed by atoms with E-state index in [9.17, 15) is 14.3 Å². The minimum absolute atomic E-state index is 0.0286. The van der Waals surface area contributed by atoms with E-state index in [0.717, 1.165) is 22.4 Å². The number of hydrogen-bond donors (Lipinski definition) is 2. The van der Waals surface area contributed by atoms with E-state index >= 15 is 0 Å². The second-order valence-electron chi connectivity index (χ2n) is 6.46. The fraction of sp³-hybridized carbons (Fsp3) is 0.200. The van der Waals surface area contributed by atoms with Crippen LogP contribution in [0.2, 0.25) is 0 Å². The van der Waals surface area contributed by atoms with Crippen LogP contribution in [0.15, 0.2) is 54.9 Å². The van der Waals surface area contributed by atoms with Gasteiger partial charge in [-0.15, -0.1) is 0 Å². The van der Waals surface area contributed by atoms with Crippen LogP contribution >= 0.6 is 0 Å². The van der Waals surface area contributed by atoms with Crippen molar-refractivity contribution in [1.82, 2.24) is 15.2 Å². The molecular formula is C20H18FN3O2. The number of nitrogens with zero attached hydrogens (tertiary/aromatic N) is 2. The molecule has 6 heteroatoms. The van der Waals surface area contributed by atoms with E-state index < -0.39 is 12.1 Å². The molecule has 5 nitrogen and oxygen atoms in total. The van der Waals surface area contributed by atoms with Crippen molar-refractivity contribution in [3.63, 3.8) is 0 Å². The fourth-order valence-corrected chi connectivity index (χ4v) is 3.46. The van der Waals surface area contributed by atoms with E-state index in [-0.39, 0.29) is 11.9 Å². The molecule has 0 spiro atoms. The molecule has 1 aromatic heterocycles. The summed E-state index contributed by atoms with van der Waals surface area (Å²) < 4.78 is 13.6. The van der Waals surface area contributed by atoms with Gasteiger partial charge in [0.1, 0.15) is 5.82 Å². The predicted molar refractivity (Wildman–Crippen MR) is 96.5 cm³/mol. The van der Waals surface area contributed by atoms with Crippen LogP contribution in [0.3, 0.4) is 0 Å². The summed E-state index contributed by atoms with van der Waals surface area (Å²) in [6, 6.07) is 8.78. The molecule has 1 aromatic carbocycles. The first kappa shape index (κ1) is 16.5. The van der Waals surface area contributed by atoms with Gasteiger partial charge in [0.05, 0.1) is 11.7 Å². The van der Waals surface area contributed by atoms with Crippen LogP contribution in [-0.2, 0) is 4.79 Å². The van der Waals surface area contributed by atoms with Crippen molar-refractivity contribution < 1.29 is 14.3 Å². The molecule has 26 heavy (non-hydrogen) atoms. The van der Waals surface area contributed by atoms with Gasteiger partial charge in [-0.25, -0.2) is 9.18 Å². The number of halogens is 1. The summed E-state index contributed by atoms with van der Waals surface area (Å²) in [6.45, 7) is 2.30. The zero-order valence-corrected chi connectivity index (χ0v) is 14.2. The van der Waals surface area contributed by atoms with E-state index in [0.29, 0.717) is 12.1 Å². The quantitative estimate of drug-likeness (QED) is 0.890. The molecule has 2 unspecified atom stereocenters. The lowest BCUT2D eigenvalue weighted by atomic mass is 9.95. The molecule has 0 aliphatic carbocycles. The number of carbonyl (C=O) groups is 1. The zero-order valence-electron chi connectivity index (χ0n) is 14.2. The van der Waals surface area contributed by atoms with Gasteiger partial charge in [-0.3, -0.25) is 10.3 Å². The topological polar surface area (TPSA) is 65.5 Å². The normalized spacial score (nSPS) is 21.5. The Kier molecular flexibility index (Phi) is 4.05. The average Bonchev–Trinajstić information content (AvgIpc) is 3.07. The molecule has 1 fully saturated rings. The summed E-state index contributed by atoms with van der Waals surface area (Å²) in [6.07, 6.45) is 6.77. The Morgan fingerprint density at radius 2 is 2.23 bits per heavy atom. The number of allylic oxidation sites excluding steroid dienone is 2. The zero-order chi connectivity index (χ0) is 18.3. The lowest BCUT2D eigenvalue weighted by Gasteiger charge is -2.27. The van der Waals surface area contributed by atoms with Crippen molar-refractivity contribution in [2.75, 3.05) is 6.54 Å². The molecule has 4 rings (SSSR count). The van der Waals surface area contributed by atoms with Gasteiger partial charge in [-0.2, -0.15) is 0 Å². The Balaban J connectivity index is 1.72. The van der Waals surface area contributed by atoms with E-state index in [1.165, 1.54) is 6.07 Å². The molecule has 0 radical (unpaired) electrons. The van der Waals surface area contributed by atoms with Crippen molar-refractivity contribution in [2.24, 2.45) is 0 Å². The molecule has 2 aromatic rings. The van der Waals surface area contributed by atoms with Gasteiger partial charge in [0.2, 0.25) is 0 Å². The third kappa shape index (κ3) is 2.78. The monoisotopic (exact) mass is 351 g/mol. The number of benzene rings is 1. The Morgan fingerprint density at radius 3 is 3.00 bits per heavy atom. The van der Waals surface area contributed by atoms with Gasteiger partial charge >= 0.3 is 5.97 Å². The summed E-state index contributed by atoms with van der Waals surface area (Å²) in [5.41, 5.74) is 4.12. The lowest BCUT2D eigenvalue weighted by molar-refractivity contribution is -0.142. The summed E-state index contributed by atoms with van der Waals surface area (Å²) in [7, 11) is 0. The Bertz CT molecular complexity index is 938. The SMILES string of the molecule is Cc1cc(-c2ncccc2C2=CC3CNC(C(=O)O)N3C=C2)ccc1F. The largest absolute Gasteiger partial charge is 0.479 e. The van der Waals surface area contributed by atoms with Gasteiger partial charge in [0.15, 0.2) is 6.17 Å². The molecule has 3 heterocycles. The highest BCUT2D eigenvalue weighted by Crippen LogP contribution is 2.32. The van der Waals surface area contributed by atoms with Crippen molar-refractivity contribution in [3.8, 4) is 11.3 Å². The number of aliphatic carboxylic acids is 1. The number of carboxylic acid groups (broad SMARTS) is 1. The fourth-order valence-electron chi connectivity index (χ4n) is 3.46. The maximum Gasteiger partial charge on any atom is 0.341 e. The van der Waals surface area contributed by atoms with E-state index in [1.807, 2.05) is 30.5 Å². The molecule has 0 amide bonds. The Labute approximate surface area is 150 Å². The summed E-state index contributed by atoms with van der Waals surface area (Å²) >= 11 is 0. The predicted octanol–water partition coefficient (Wildman–Crippen LogP) is 2.79. The first-order valence-electron chi connectivity index (χ1n) is 8.40. The van der Waals surface area contributed by atoms with E-state index in [4.69, 9.17) is 0 Å². The summed E-state index contributed by atoms with van der Waals surface area (Å²) in [4.78, 5) is 17.6. The minimum Gasteiger partial charge on any atom is -0.479 e. The Morgan fingerprint density at radius 1 is 1.38 bits per heavy atom. The summed E-state index contributed by atoms with van der Waals surface area (Å²) in [5, 5.41) is 12.3. The maximum absolute atomic E-state index is 13.6. The number of carboxylic acids is 1. The number of aromatic nitrogens is 1. The van der Waals surface area contributed by atoms with Crippen LogP contribution in [0.4, 0.5) is 4.39 Å². The number of aryl methyl sites for hydroxylation is 1. The van der Waals surface area contributed by atoms with Crippen LogP contribution in [0.1, 0.15) is 11.1 Å². The lowest BCUT2D eigenvalue weighted by Crippen LogP contribution is -2.41. The van der Waals surface area contributed by atoms with Crippen LogP contribution in [0, 0.1) is 12.7 Å². The molecule has 2 atom stereocenters. The smallest absolute Gasteiger partial charge is 0.341 e. The highest BCUT2D eigenvalue weighted by atomic mass is 19.1. The number of pyridine rings is 1. The number of fused-ring (bicyclic) bond motifs is 1. The highest BCUT2D eigenvalue weighted by Gasteiger charge is 2.36. The van der Waals surface area contributed by atoms with Crippen LogP contribution in [-0.4, -0.2) is 39.7 Å². The second-order valence-corrected chi connectivity index (χ2v) is 6.46. The number of hydrogen-bond acceptors (Lipinski definition) is 4.